The maximum Gasteiger partial charge on any atom is 0.0718 e. The second-order valence-corrected chi connectivity index (χ2v) is 5.54. The molecule has 0 aliphatic heterocycles. The first-order chi connectivity index (χ1) is 6.73. The van der Waals surface area contributed by atoms with Gasteiger partial charge in [0.25, 0.3) is 0 Å². The molecule has 0 saturated heterocycles. The van der Waals surface area contributed by atoms with E-state index in [4.69, 9.17) is 5.73 Å². The van der Waals surface area contributed by atoms with Gasteiger partial charge in [-0.25, -0.2) is 0 Å². The molecule has 0 bridgehead atoms. The van der Waals surface area contributed by atoms with E-state index < -0.39 is 0 Å². The van der Waals surface area contributed by atoms with Gasteiger partial charge in [-0.3, -0.25) is 4.68 Å². The smallest absolute Gasteiger partial charge is 0.0718 e. The third-order valence-corrected chi connectivity index (χ3v) is 2.69. The minimum atomic E-state index is 0.1000. The first-order valence-corrected chi connectivity index (χ1v) is 5.52. The van der Waals surface area contributed by atoms with Crippen LogP contribution in [0.4, 0.5) is 0 Å². The van der Waals surface area contributed by atoms with E-state index in [9.17, 15) is 0 Å². The Kier molecular flexibility index (Phi) is 3.24. The zero-order valence-corrected chi connectivity index (χ0v) is 10.7. The molecule has 0 aliphatic carbocycles. The summed E-state index contributed by atoms with van der Waals surface area (Å²) >= 11 is 0. The minimum absolute atomic E-state index is 0.1000. The number of nitrogens with zero attached hydrogens (tertiary/aromatic N) is 2. The van der Waals surface area contributed by atoms with E-state index in [2.05, 4.69) is 43.5 Å². The summed E-state index contributed by atoms with van der Waals surface area (Å²) in [5.74, 6) is 0. The normalized spacial score (nSPS) is 16.5. The monoisotopic (exact) mass is 209 g/mol. The molecular weight excluding hydrogens is 186 g/mol. The third kappa shape index (κ3) is 2.59. The zero-order chi connectivity index (χ0) is 11.8. The Morgan fingerprint density at radius 3 is 2.13 bits per heavy atom. The highest BCUT2D eigenvalue weighted by Crippen LogP contribution is 2.33. The Bertz CT molecular complexity index is 331. The Morgan fingerprint density at radius 1 is 1.33 bits per heavy atom. The van der Waals surface area contributed by atoms with Crippen LogP contribution in [-0.2, 0) is 0 Å². The number of hydrogen-bond donors (Lipinski definition) is 1. The van der Waals surface area contributed by atoms with Crippen molar-refractivity contribution in [3.63, 3.8) is 0 Å². The lowest BCUT2D eigenvalue weighted by Crippen LogP contribution is -2.39. The largest absolute Gasteiger partial charge is 0.326 e. The van der Waals surface area contributed by atoms with Crippen LogP contribution >= 0.6 is 0 Å². The van der Waals surface area contributed by atoms with Crippen LogP contribution in [0.15, 0.2) is 6.07 Å². The van der Waals surface area contributed by atoms with Gasteiger partial charge in [0, 0.05) is 11.7 Å². The average Bonchev–Trinajstić information content (AvgIpc) is 2.26. The van der Waals surface area contributed by atoms with Crippen LogP contribution in [-0.4, -0.2) is 15.8 Å². The van der Waals surface area contributed by atoms with E-state index in [1.54, 1.807) is 0 Å². The second-order valence-electron chi connectivity index (χ2n) is 5.54. The molecule has 0 amide bonds. The highest BCUT2D eigenvalue weighted by atomic mass is 15.3. The lowest BCUT2D eigenvalue weighted by Gasteiger charge is -2.34. The molecule has 0 saturated carbocycles. The molecule has 2 N–H and O–H groups in total. The average molecular weight is 209 g/mol. The topological polar surface area (TPSA) is 43.8 Å². The molecule has 2 atom stereocenters. The van der Waals surface area contributed by atoms with E-state index in [1.807, 2.05) is 13.8 Å². The van der Waals surface area contributed by atoms with Gasteiger partial charge in [0.1, 0.15) is 0 Å². The Morgan fingerprint density at radius 2 is 1.87 bits per heavy atom. The van der Waals surface area contributed by atoms with Crippen molar-refractivity contribution in [2.75, 3.05) is 0 Å². The van der Waals surface area contributed by atoms with Gasteiger partial charge in [0.15, 0.2) is 0 Å². The lowest BCUT2D eigenvalue weighted by molar-refractivity contribution is 0.193. The maximum absolute atomic E-state index is 6.07. The number of hydrogen-bond acceptors (Lipinski definition) is 2. The van der Waals surface area contributed by atoms with E-state index in [-0.39, 0.29) is 17.5 Å². The molecule has 1 aromatic heterocycles. The van der Waals surface area contributed by atoms with Crippen molar-refractivity contribution < 1.29 is 0 Å². The van der Waals surface area contributed by atoms with Gasteiger partial charge in [-0.2, -0.15) is 5.10 Å². The molecule has 0 spiro atoms. The maximum atomic E-state index is 6.07. The molecule has 86 valence electrons. The fraction of sp³-hybridized carbons (Fsp3) is 0.750. The fourth-order valence-electron chi connectivity index (χ4n) is 2.31. The van der Waals surface area contributed by atoms with Gasteiger partial charge in [0.2, 0.25) is 0 Å². The van der Waals surface area contributed by atoms with Crippen LogP contribution in [0.25, 0.3) is 0 Å². The summed E-state index contributed by atoms with van der Waals surface area (Å²) in [7, 11) is 0. The number of aromatic nitrogens is 2. The highest BCUT2D eigenvalue weighted by molar-refractivity contribution is 5.09. The second kappa shape index (κ2) is 3.97. The van der Waals surface area contributed by atoms with Gasteiger partial charge in [-0.15, -0.1) is 0 Å². The Labute approximate surface area is 92.7 Å². The molecule has 0 fully saturated rings. The minimum Gasteiger partial charge on any atom is -0.326 e. The van der Waals surface area contributed by atoms with E-state index in [1.165, 1.54) is 5.69 Å². The summed E-state index contributed by atoms with van der Waals surface area (Å²) in [5, 5.41) is 4.53. The summed E-state index contributed by atoms with van der Waals surface area (Å²) in [5.41, 5.74) is 8.44. The molecule has 3 nitrogen and oxygen atoms in total. The molecule has 1 heterocycles. The van der Waals surface area contributed by atoms with Crippen molar-refractivity contribution in [1.29, 1.82) is 0 Å². The van der Waals surface area contributed by atoms with Gasteiger partial charge >= 0.3 is 0 Å². The molecular formula is C12H23N3. The third-order valence-electron chi connectivity index (χ3n) is 2.69. The molecule has 0 radical (unpaired) electrons. The molecule has 1 rings (SSSR count). The van der Waals surface area contributed by atoms with Gasteiger partial charge in [-0.05, 0) is 32.3 Å². The van der Waals surface area contributed by atoms with Crippen LogP contribution < -0.4 is 5.73 Å². The number of rotatable bonds is 2. The quantitative estimate of drug-likeness (QED) is 0.813. The van der Waals surface area contributed by atoms with Crippen molar-refractivity contribution in [1.82, 2.24) is 9.78 Å². The molecule has 0 aliphatic rings. The van der Waals surface area contributed by atoms with Crippen molar-refractivity contribution in [3.05, 3.63) is 17.5 Å². The van der Waals surface area contributed by atoms with Crippen molar-refractivity contribution in [3.8, 4) is 0 Å². The summed E-state index contributed by atoms with van der Waals surface area (Å²) < 4.78 is 2.07. The first-order valence-electron chi connectivity index (χ1n) is 5.52. The van der Waals surface area contributed by atoms with Crippen LogP contribution in [0.2, 0.25) is 0 Å². The van der Waals surface area contributed by atoms with Crippen molar-refractivity contribution in [2.24, 2.45) is 11.1 Å². The van der Waals surface area contributed by atoms with Gasteiger partial charge in [-0.1, -0.05) is 20.8 Å². The van der Waals surface area contributed by atoms with E-state index >= 15 is 0 Å². The summed E-state index contributed by atoms with van der Waals surface area (Å²) in [4.78, 5) is 0. The van der Waals surface area contributed by atoms with E-state index in [0.29, 0.717) is 0 Å². The zero-order valence-electron chi connectivity index (χ0n) is 10.7. The van der Waals surface area contributed by atoms with Crippen LogP contribution in [0.1, 0.15) is 45.1 Å². The lowest BCUT2D eigenvalue weighted by atomic mass is 9.83. The molecule has 3 heteroatoms. The SMILES string of the molecule is Cc1cc(C)n(C(C(C)N)C(C)(C)C)n1. The Hall–Kier alpha value is -0.830. The number of aryl methyl sites for hydroxylation is 2. The van der Waals surface area contributed by atoms with E-state index in [0.717, 1.165) is 5.69 Å². The summed E-state index contributed by atoms with van der Waals surface area (Å²) in [6, 6.07) is 2.44. The summed E-state index contributed by atoms with van der Waals surface area (Å²) in [6.45, 7) is 12.8. The predicted octanol–water partition coefficient (Wildman–Crippen LogP) is 2.43. The summed E-state index contributed by atoms with van der Waals surface area (Å²) in [6.07, 6.45) is 0. The predicted molar refractivity (Wildman–Crippen MR) is 63.8 cm³/mol. The molecule has 15 heavy (non-hydrogen) atoms. The van der Waals surface area contributed by atoms with Gasteiger partial charge in [0.05, 0.1) is 11.7 Å². The molecule has 0 aromatic carbocycles. The molecule has 1 aromatic rings. The van der Waals surface area contributed by atoms with Crippen LogP contribution in [0, 0.1) is 19.3 Å². The Balaban J connectivity index is 3.16. The standard InChI is InChI=1S/C12H23N3/c1-8-7-9(2)15(14-8)11(10(3)13)12(4,5)6/h7,10-11H,13H2,1-6H3. The first kappa shape index (κ1) is 12.2. The van der Waals surface area contributed by atoms with Crippen LogP contribution in [0.3, 0.4) is 0 Å². The highest BCUT2D eigenvalue weighted by Gasteiger charge is 2.31. The molecule has 2 unspecified atom stereocenters. The van der Waals surface area contributed by atoms with Crippen LogP contribution in [0.5, 0.6) is 0 Å². The van der Waals surface area contributed by atoms with Crippen molar-refractivity contribution >= 4 is 0 Å². The van der Waals surface area contributed by atoms with Crippen molar-refractivity contribution in [2.45, 2.75) is 53.6 Å². The van der Waals surface area contributed by atoms with Gasteiger partial charge < -0.3 is 5.73 Å². The number of nitrogens with two attached hydrogens (primary N) is 1. The fourth-order valence-corrected chi connectivity index (χ4v) is 2.31.